The summed E-state index contributed by atoms with van der Waals surface area (Å²) < 4.78 is 48.9. The molecule has 0 unspecified atom stereocenters. The summed E-state index contributed by atoms with van der Waals surface area (Å²) in [6.45, 7) is -1.04. The maximum absolute atomic E-state index is 12.8. The fourth-order valence-electron chi connectivity index (χ4n) is 2.86. The van der Waals surface area contributed by atoms with E-state index in [1.165, 1.54) is 18.4 Å². The normalized spacial score (nSPS) is 12.1. The Kier molecular flexibility index (Phi) is 6.56. The van der Waals surface area contributed by atoms with Gasteiger partial charge in [0.1, 0.15) is 16.3 Å². The van der Waals surface area contributed by atoms with E-state index in [0.29, 0.717) is 16.0 Å². The zero-order chi connectivity index (χ0) is 21.0. The second-order valence-corrected chi connectivity index (χ2v) is 7.44. The summed E-state index contributed by atoms with van der Waals surface area (Å²) in [5.41, 5.74) is 0.986. The average molecular weight is 427 g/mol. The molecule has 156 valence electrons. The van der Waals surface area contributed by atoms with Gasteiger partial charge in [-0.15, -0.1) is 11.3 Å². The van der Waals surface area contributed by atoms with Crippen molar-refractivity contribution in [2.45, 2.75) is 12.7 Å². The standard InChI is InChI=1S/C19H20F3N3O3S/c1-27-8-7-25(11-19(20,21)22)10-16-23-14-9-15(29-17(14)18(26)24-16)12-3-5-13(28-2)6-4-12/h3-6,9H,7-8,10-11H2,1-2H3,(H,23,24,26). The van der Waals surface area contributed by atoms with Crippen molar-refractivity contribution in [3.8, 4) is 16.2 Å². The number of H-pyrrole nitrogens is 1. The van der Waals surface area contributed by atoms with E-state index in [9.17, 15) is 18.0 Å². The Labute approximate surface area is 168 Å². The van der Waals surface area contributed by atoms with E-state index < -0.39 is 12.7 Å². The van der Waals surface area contributed by atoms with Crippen LogP contribution in [0.15, 0.2) is 35.1 Å². The number of rotatable bonds is 8. The fourth-order valence-corrected chi connectivity index (χ4v) is 3.86. The first-order chi connectivity index (χ1) is 13.8. The molecule has 0 spiro atoms. The van der Waals surface area contributed by atoms with Crippen LogP contribution < -0.4 is 10.3 Å². The minimum absolute atomic E-state index is 0.0679. The molecule has 6 nitrogen and oxygen atoms in total. The Balaban J connectivity index is 1.88. The van der Waals surface area contributed by atoms with Crippen molar-refractivity contribution < 1.29 is 22.6 Å². The molecule has 0 atom stereocenters. The van der Waals surface area contributed by atoms with Gasteiger partial charge in [0.25, 0.3) is 5.56 Å². The van der Waals surface area contributed by atoms with Crippen molar-refractivity contribution in [2.24, 2.45) is 0 Å². The maximum Gasteiger partial charge on any atom is 0.401 e. The molecule has 0 bridgehead atoms. The number of benzene rings is 1. The van der Waals surface area contributed by atoms with Crippen LogP contribution in [0.2, 0.25) is 0 Å². The molecule has 0 fully saturated rings. The number of thiophene rings is 1. The van der Waals surface area contributed by atoms with Gasteiger partial charge in [-0.25, -0.2) is 4.98 Å². The number of nitrogens with one attached hydrogen (secondary N) is 1. The van der Waals surface area contributed by atoms with Crippen LogP contribution in [0, 0.1) is 0 Å². The molecule has 0 aliphatic heterocycles. The predicted octanol–water partition coefficient (Wildman–Crippen LogP) is 3.67. The van der Waals surface area contributed by atoms with Gasteiger partial charge >= 0.3 is 6.18 Å². The van der Waals surface area contributed by atoms with Crippen LogP contribution in [0.5, 0.6) is 5.75 Å². The first kappa shape index (κ1) is 21.3. The van der Waals surface area contributed by atoms with E-state index in [1.54, 1.807) is 13.2 Å². The van der Waals surface area contributed by atoms with Crippen molar-refractivity contribution in [1.29, 1.82) is 0 Å². The smallest absolute Gasteiger partial charge is 0.401 e. The average Bonchev–Trinajstić information content (AvgIpc) is 3.10. The third kappa shape index (κ3) is 5.55. The topological polar surface area (TPSA) is 67.5 Å². The molecule has 1 aromatic carbocycles. The lowest BCUT2D eigenvalue weighted by Gasteiger charge is -2.22. The lowest BCUT2D eigenvalue weighted by molar-refractivity contribution is -0.148. The monoisotopic (exact) mass is 427 g/mol. The lowest BCUT2D eigenvalue weighted by atomic mass is 10.2. The number of aromatic nitrogens is 2. The zero-order valence-corrected chi connectivity index (χ0v) is 16.7. The van der Waals surface area contributed by atoms with Gasteiger partial charge < -0.3 is 14.5 Å². The lowest BCUT2D eigenvalue weighted by Crippen LogP contribution is -2.36. The van der Waals surface area contributed by atoms with E-state index in [4.69, 9.17) is 9.47 Å². The Hall–Kier alpha value is -2.43. The van der Waals surface area contributed by atoms with Gasteiger partial charge in [-0.3, -0.25) is 9.69 Å². The second kappa shape index (κ2) is 8.93. The van der Waals surface area contributed by atoms with Gasteiger partial charge in [0, 0.05) is 18.5 Å². The molecule has 3 rings (SSSR count). The highest BCUT2D eigenvalue weighted by Gasteiger charge is 2.31. The van der Waals surface area contributed by atoms with Gasteiger partial charge in [-0.1, -0.05) is 0 Å². The minimum atomic E-state index is -4.36. The van der Waals surface area contributed by atoms with Gasteiger partial charge in [-0.2, -0.15) is 13.2 Å². The summed E-state index contributed by atoms with van der Waals surface area (Å²) in [7, 11) is 3.00. The summed E-state index contributed by atoms with van der Waals surface area (Å²) in [6.07, 6.45) is -4.36. The number of fused-ring (bicyclic) bond motifs is 1. The Morgan fingerprint density at radius 1 is 1.21 bits per heavy atom. The van der Waals surface area contributed by atoms with Crippen LogP contribution in [-0.2, 0) is 11.3 Å². The molecule has 0 saturated heterocycles. The molecule has 3 aromatic rings. The summed E-state index contributed by atoms with van der Waals surface area (Å²) in [6, 6.07) is 9.13. The molecule has 2 heterocycles. The van der Waals surface area contributed by atoms with E-state index in [0.717, 1.165) is 15.3 Å². The summed E-state index contributed by atoms with van der Waals surface area (Å²) in [4.78, 5) is 21.4. The molecular formula is C19H20F3N3O3S. The third-order valence-corrected chi connectivity index (χ3v) is 5.37. The Bertz CT molecular complexity index is 1020. The molecular weight excluding hydrogens is 407 g/mol. The molecule has 2 aromatic heterocycles. The third-order valence-electron chi connectivity index (χ3n) is 4.19. The number of aromatic amines is 1. The molecule has 0 aliphatic rings. The number of ether oxygens (including phenoxy) is 2. The summed E-state index contributed by atoms with van der Waals surface area (Å²) in [5, 5.41) is 0. The zero-order valence-electron chi connectivity index (χ0n) is 15.9. The quantitative estimate of drug-likeness (QED) is 0.594. The van der Waals surface area contributed by atoms with E-state index in [2.05, 4.69) is 9.97 Å². The Morgan fingerprint density at radius 2 is 1.93 bits per heavy atom. The van der Waals surface area contributed by atoms with Crippen LogP contribution in [-0.4, -0.2) is 55.0 Å². The van der Waals surface area contributed by atoms with E-state index >= 15 is 0 Å². The first-order valence-electron chi connectivity index (χ1n) is 8.74. The molecule has 1 N–H and O–H groups in total. The molecule has 29 heavy (non-hydrogen) atoms. The van der Waals surface area contributed by atoms with Crippen LogP contribution in [0.4, 0.5) is 13.2 Å². The van der Waals surface area contributed by atoms with E-state index in [1.807, 2.05) is 24.3 Å². The fraction of sp³-hybridized carbons (Fsp3) is 0.368. The molecule has 0 radical (unpaired) electrons. The molecule has 0 amide bonds. The molecule has 0 aliphatic carbocycles. The minimum Gasteiger partial charge on any atom is -0.497 e. The number of hydrogen-bond acceptors (Lipinski definition) is 6. The van der Waals surface area contributed by atoms with Crippen molar-refractivity contribution in [3.63, 3.8) is 0 Å². The highest BCUT2D eigenvalue weighted by Crippen LogP contribution is 2.32. The van der Waals surface area contributed by atoms with Gasteiger partial charge in [0.2, 0.25) is 0 Å². The largest absolute Gasteiger partial charge is 0.497 e. The van der Waals surface area contributed by atoms with Crippen LogP contribution in [0.3, 0.4) is 0 Å². The van der Waals surface area contributed by atoms with Crippen molar-refractivity contribution in [2.75, 3.05) is 33.9 Å². The number of hydrogen-bond donors (Lipinski definition) is 1. The first-order valence-corrected chi connectivity index (χ1v) is 9.56. The van der Waals surface area contributed by atoms with E-state index in [-0.39, 0.29) is 31.1 Å². The van der Waals surface area contributed by atoms with Crippen molar-refractivity contribution in [1.82, 2.24) is 14.9 Å². The van der Waals surface area contributed by atoms with Gasteiger partial charge in [-0.05, 0) is 35.9 Å². The SMILES string of the molecule is COCCN(Cc1nc2cc(-c3ccc(OC)cc3)sc2c(=O)[nH]1)CC(F)(F)F. The van der Waals surface area contributed by atoms with Crippen LogP contribution in [0.25, 0.3) is 20.7 Å². The number of methoxy groups -OCH3 is 2. The van der Waals surface area contributed by atoms with Crippen LogP contribution in [0.1, 0.15) is 5.82 Å². The number of halogens is 3. The number of nitrogens with zero attached hydrogens (tertiary/aromatic N) is 2. The highest BCUT2D eigenvalue weighted by atomic mass is 32.1. The maximum atomic E-state index is 12.8. The number of alkyl halides is 3. The molecule has 10 heteroatoms. The Morgan fingerprint density at radius 3 is 2.55 bits per heavy atom. The van der Waals surface area contributed by atoms with Gasteiger partial charge in [0.15, 0.2) is 0 Å². The summed E-state index contributed by atoms with van der Waals surface area (Å²) in [5.74, 6) is 0.899. The second-order valence-electron chi connectivity index (χ2n) is 6.38. The van der Waals surface area contributed by atoms with Crippen molar-refractivity contribution >= 4 is 21.6 Å². The predicted molar refractivity (Wildman–Crippen MR) is 105 cm³/mol. The van der Waals surface area contributed by atoms with Crippen molar-refractivity contribution in [3.05, 3.63) is 46.5 Å². The highest BCUT2D eigenvalue weighted by molar-refractivity contribution is 7.22. The summed E-state index contributed by atoms with van der Waals surface area (Å²) >= 11 is 1.28. The molecule has 0 saturated carbocycles. The van der Waals surface area contributed by atoms with Crippen LogP contribution >= 0.6 is 11.3 Å². The van der Waals surface area contributed by atoms with Gasteiger partial charge in [0.05, 0.1) is 32.3 Å².